The van der Waals surface area contributed by atoms with Crippen molar-refractivity contribution in [3.05, 3.63) is 34.7 Å². The largest absolute Gasteiger partial charge is 0.481 e. The summed E-state index contributed by atoms with van der Waals surface area (Å²) in [4.78, 5) is 11.1. The van der Waals surface area contributed by atoms with Crippen molar-refractivity contribution in [3.63, 3.8) is 0 Å². The molecule has 18 heavy (non-hydrogen) atoms. The van der Waals surface area contributed by atoms with Crippen molar-refractivity contribution in [1.82, 2.24) is 0 Å². The number of carboxylic acids is 1. The number of carbonyl (C=O) groups is 1. The topological polar surface area (TPSA) is 71.4 Å². The Morgan fingerprint density at radius 2 is 2.06 bits per heavy atom. The zero-order chi connectivity index (χ0) is 13.5. The van der Waals surface area contributed by atoms with Crippen LogP contribution in [-0.4, -0.2) is 19.5 Å². The molecular weight excluding hydrogens is 252 g/mol. The van der Waals surface area contributed by atoms with Gasteiger partial charge < -0.3 is 5.11 Å². The standard InChI is InChI=1S/C13H14O4S/c1-8(13(14)15)5-10-3-4-11-9(2)7-18(16,17)12(11)6-10/h3-4,6-8H,5H2,1-2H3,(H,14,15). The molecule has 0 bridgehead atoms. The van der Waals surface area contributed by atoms with Gasteiger partial charge in [0.05, 0.1) is 10.8 Å². The highest BCUT2D eigenvalue weighted by Crippen LogP contribution is 2.33. The van der Waals surface area contributed by atoms with Crippen LogP contribution in [0.15, 0.2) is 28.5 Å². The Morgan fingerprint density at radius 1 is 1.39 bits per heavy atom. The molecule has 0 spiro atoms. The molecule has 1 unspecified atom stereocenters. The first kappa shape index (κ1) is 12.8. The zero-order valence-electron chi connectivity index (χ0n) is 10.2. The second-order valence-electron chi connectivity index (χ2n) is 4.62. The minimum atomic E-state index is -3.34. The number of fused-ring (bicyclic) bond motifs is 1. The maximum atomic E-state index is 11.8. The van der Waals surface area contributed by atoms with E-state index in [1.807, 2.05) is 0 Å². The third-order valence-electron chi connectivity index (χ3n) is 3.07. The number of sulfone groups is 1. The van der Waals surface area contributed by atoms with Crippen LogP contribution in [0, 0.1) is 5.92 Å². The number of aliphatic carboxylic acids is 1. The normalized spacial score (nSPS) is 18.0. The summed E-state index contributed by atoms with van der Waals surface area (Å²) >= 11 is 0. The van der Waals surface area contributed by atoms with E-state index in [-0.39, 0.29) is 4.90 Å². The smallest absolute Gasteiger partial charge is 0.306 e. The Morgan fingerprint density at radius 3 is 2.67 bits per heavy atom. The lowest BCUT2D eigenvalue weighted by molar-refractivity contribution is -0.141. The second-order valence-corrected chi connectivity index (χ2v) is 6.39. The van der Waals surface area contributed by atoms with Gasteiger partial charge >= 0.3 is 5.97 Å². The van der Waals surface area contributed by atoms with Crippen LogP contribution in [0.2, 0.25) is 0 Å². The summed E-state index contributed by atoms with van der Waals surface area (Å²) in [7, 11) is -3.34. The molecule has 1 aliphatic rings. The molecule has 0 aromatic heterocycles. The molecule has 4 nitrogen and oxygen atoms in total. The first-order chi connectivity index (χ1) is 8.31. The van der Waals surface area contributed by atoms with Crippen LogP contribution < -0.4 is 0 Å². The summed E-state index contributed by atoms with van der Waals surface area (Å²) in [6.45, 7) is 3.36. The number of hydrogen-bond acceptors (Lipinski definition) is 3. The minimum Gasteiger partial charge on any atom is -0.481 e. The fourth-order valence-electron chi connectivity index (χ4n) is 2.06. The van der Waals surface area contributed by atoms with Gasteiger partial charge in [0, 0.05) is 5.41 Å². The van der Waals surface area contributed by atoms with Crippen molar-refractivity contribution in [3.8, 4) is 0 Å². The zero-order valence-corrected chi connectivity index (χ0v) is 11.0. The van der Waals surface area contributed by atoms with Gasteiger partial charge in [-0.2, -0.15) is 0 Å². The van der Waals surface area contributed by atoms with Crippen LogP contribution in [0.3, 0.4) is 0 Å². The van der Waals surface area contributed by atoms with E-state index in [1.54, 1.807) is 32.0 Å². The van der Waals surface area contributed by atoms with Crippen molar-refractivity contribution >= 4 is 21.4 Å². The van der Waals surface area contributed by atoms with Crippen LogP contribution >= 0.6 is 0 Å². The predicted molar refractivity (Wildman–Crippen MR) is 67.8 cm³/mol. The number of hydrogen-bond donors (Lipinski definition) is 1. The Labute approximate surface area is 106 Å². The van der Waals surface area contributed by atoms with Crippen molar-refractivity contribution in [2.75, 3.05) is 0 Å². The van der Waals surface area contributed by atoms with Crippen molar-refractivity contribution in [1.29, 1.82) is 0 Å². The molecule has 1 aliphatic heterocycles. The molecule has 0 radical (unpaired) electrons. The van der Waals surface area contributed by atoms with Gasteiger partial charge in [-0.1, -0.05) is 19.1 Å². The van der Waals surface area contributed by atoms with Gasteiger partial charge in [0.25, 0.3) is 0 Å². The van der Waals surface area contributed by atoms with Crippen LogP contribution in [0.1, 0.15) is 25.0 Å². The highest BCUT2D eigenvalue weighted by Gasteiger charge is 2.25. The van der Waals surface area contributed by atoms with Gasteiger partial charge in [0.2, 0.25) is 9.84 Å². The lowest BCUT2D eigenvalue weighted by Crippen LogP contribution is -2.12. The summed E-state index contributed by atoms with van der Waals surface area (Å²) < 4.78 is 23.7. The molecule has 1 aromatic rings. The fraction of sp³-hybridized carbons (Fsp3) is 0.308. The average Bonchev–Trinajstić information content (AvgIpc) is 2.49. The van der Waals surface area contributed by atoms with Crippen LogP contribution in [0.4, 0.5) is 0 Å². The summed E-state index contributed by atoms with van der Waals surface area (Å²) in [5, 5.41) is 10.1. The third-order valence-corrected chi connectivity index (χ3v) is 4.69. The Hall–Kier alpha value is -1.62. The number of rotatable bonds is 3. The molecule has 0 saturated carbocycles. The van der Waals surface area contributed by atoms with Crippen LogP contribution in [0.25, 0.3) is 5.57 Å². The lowest BCUT2D eigenvalue weighted by atomic mass is 9.99. The summed E-state index contributed by atoms with van der Waals surface area (Å²) in [6.07, 6.45) is 0.331. The highest BCUT2D eigenvalue weighted by atomic mass is 32.2. The monoisotopic (exact) mass is 266 g/mol. The first-order valence-electron chi connectivity index (χ1n) is 5.61. The molecule has 1 atom stereocenters. The Bertz CT molecular complexity index is 641. The van der Waals surface area contributed by atoms with Crippen LogP contribution in [-0.2, 0) is 21.1 Å². The summed E-state index contributed by atoms with van der Waals surface area (Å²) in [5.41, 5.74) is 2.17. The van der Waals surface area contributed by atoms with E-state index in [2.05, 4.69) is 0 Å². The minimum absolute atomic E-state index is 0.287. The van der Waals surface area contributed by atoms with Gasteiger partial charge in [0.1, 0.15) is 0 Å². The summed E-state index contributed by atoms with van der Waals surface area (Å²) in [5.74, 6) is -1.41. The van der Waals surface area contributed by atoms with Gasteiger partial charge in [0.15, 0.2) is 0 Å². The second kappa shape index (κ2) is 4.24. The van der Waals surface area contributed by atoms with Crippen LogP contribution in [0.5, 0.6) is 0 Å². The maximum Gasteiger partial charge on any atom is 0.306 e. The van der Waals surface area contributed by atoms with Gasteiger partial charge in [-0.3, -0.25) is 4.79 Å². The van der Waals surface area contributed by atoms with E-state index < -0.39 is 21.7 Å². The fourth-order valence-corrected chi connectivity index (χ4v) is 3.63. The molecule has 0 saturated heterocycles. The van der Waals surface area contributed by atoms with Gasteiger partial charge in [-0.05, 0) is 36.1 Å². The molecule has 1 aromatic carbocycles. The molecule has 0 fully saturated rings. The molecule has 1 N–H and O–H groups in total. The number of allylic oxidation sites excluding steroid dienone is 1. The van der Waals surface area contributed by atoms with E-state index >= 15 is 0 Å². The van der Waals surface area contributed by atoms with Gasteiger partial charge in [-0.15, -0.1) is 0 Å². The number of benzene rings is 1. The molecular formula is C13H14O4S. The SMILES string of the molecule is CC1=CS(=O)(=O)c2cc(CC(C)C(=O)O)ccc21. The maximum absolute atomic E-state index is 11.8. The van der Waals surface area contributed by atoms with Crippen molar-refractivity contribution < 1.29 is 18.3 Å². The first-order valence-corrected chi connectivity index (χ1v) is 7.15. The van der Waals surface area contributed by atoms with Gasteiger partial charge in [-0.25, -0.2) is 8.42 Å². The van der Waals surface area contributed by atoms with E-state index in [1.165, 1.54) is 5.41 Å². The van der Waals surface area contributed by atoms with Crippen molar-refractivity contribution in [2.45, 2.75) is 25.2 Å². The lowest BCUT2D eigenvalue weighted by Gasteiger charge is -2.08. The Kier molecular flexibility index (Phi) is 3.02. The Balaban J connectivity index is 2.39. The molecule has 0 amide bonds. The molecule has 1 heterocycles. The van der Waals surface area contributed by atoms with Crippen molar-refractivity contribution in [2.24, 2.45) is 5.92 Å². The molecule has 0 aliphatic carbocycles. The quantitative estimate of drug-likeness (QED) is 0.909. The van der Waals surface area contributed by atoms with E-state index in [9.17, 15) is 13.2 Å². The highest BCUT2D eigenvalue weighted by molar-refractivity contribution is 7.95. The summed E-state index contributed by atoms with van der Waals surface area (Å²) in [6, 6.07) is 5.11. The number of carboxylic acid groups (broad SMARTS) is 1. The average molecular weight is 266 g/mol. The van der Waals surface area contributed by atoms with E-state index in [0.717, 1.165) is 11.1 Å². The third kappa shape index (κ3) is 2.18. The molecule has 5 heteroatoms. The predicted octanol–water partition coefficient (Wildman–Crippen LogP) is 2.10. The molecule has 96 valence electrons. The molecule has 2 rings (SSSR count). The van der Waals surface area contributed by atoms with E-state index in [4.69, 9.17) is 5.11 Å². The van der Waals surface area contributed by atoms with E-state index in [0.29, 0.717) is 12.0 Å².